The molecule has 0 fully saturated rings. The summed E-state index contributed by atoms with van der Waals surface area (Å²) >= 11 is 1.41. The van der Waals surface area contributed by atoms with Crippen molar-refractivity contribution in [2.45, 2.75) is 33.6 Å². The first-order chi connectivity index (χ1) is 11.0. The number of hydrogen-bond donors (Lipinski definition) is 1. The third-order valence-corrected chi connectivity index (χ3v) is 4.50. The summed E-state index contributed by atoms with van der Waals surface area (Å²) in [5, 5.41) is 8.33. The largest absolute Gasteiger partial charge is 0.360 e. The Morgan fingerprint density at radius 1 is 1.17 bits per heavy atom. The van der Waals surface area contributed by atoms with Crippen LogP contribution in [0.4, 0.5) is 5.13 Å². The maximum Gasteiger partial charge on any atom is 0.275 e. The molecule has 23 heavy (non-hydrogen) atoms. The first-order valence-electron chi connectivity index (χ1n) is 7.76. The number of nitrogens with one attached hydrogen (secondary N) is 1. The van der Waals surface area contributed by atoms with Gasteiger partial charge < -0.3 is 5.32 Å². The molecule has 0 saturated heterocycles. The third-order valence-electron chi connectivity index (χ3n) is 3.63. The second-order valence-corrected chi connectivity index (χ2v) is 6.67. The van der Waals surface area contributed by atoms with Crippen LogP contribution in [0, 0.1) is 13.8 Å². The fourth-order valence-electron chi connectivity index (χ4n) is 2.64. The summed E-state index contributed by atoms with van der Waals surface area (Å²) in [5.41, 5.74) is 4.55. The molecule has 0 aliphatic carbocycles. The van der Waals surface area contributed by atoms with E-state index in [1.807, 2.05) is 6.92 Å². The van der Waals surface area contributed by atoms with Crippen molar-refractivity contribution >= 4 is 21.4 Å². The van der Waals surface area contributed by atoms with E-state index in [9.17, 15) is 4.79 Å². The van der Waals surface area contributed by atoms with Crippen molar-refractivity contribution in [3.8, 4) is 0 Å². The highest BCUT2D eigenvalue weighted by Gasteiger charge is 2.08. The Labute approximate surface area is 139 Å². The molecule has 1 aromatic carbocycles. The molecule has 0 unspecified atom stereocenters. The third kappa shape index (κ3) is 3.59. The number of aryl methyl sites for hydroxylation is 3. The fourth-order valence-corrected chi connectivity index (χ4v) is 3.49. The van der Waals surface area contributed by atoms with Crippen LogP contribution in [-0.4, -0.2) is 21.1 Å². The van der Waals surface area contributed by atoms with E-state index >= 15 is 0 Å². The molecular weight excluding hydrogens is 308 g/mol. The molecule has 2 aromatic heterocycles. The van der Waals surface area contributed by atoms with Crippen molar-refractivity contribution in [2.24, 2.45) is 0 Å². The van der Waals surface area contributed by atoms with Gasteiger partial charge >= 0.3 is 0 Å². The minimum Gasteiger partial charge on any atom is -0.360 e. The minimum absolute atomic E-state index is 0.120. The van der Waals surface area contributed by atoms with Gasteiger partial charge in [0.1, 0.15) is 0 Å². The zero-order valence-corrected chi connectivity index (χ0v) is 14.4. The van der Waals surface area contributed by atoms with Crippen LogP contribution in [-0.2, 0) is 12.8 Å². The number of rotatable bonds is 5. The van der Waals surface area contributed by atoms with Crippen molar-refractivity contribution < 1.29 is 0 Å². The van der Waals surface area contributed by atoms with Crippen LogP contribution in [0.2, 0.25) is 0 Å². The topological polar surface area (TPSA) is 59.3 Å². The smallest absolute Gasteiger partial charge is 0.275 e. The Balaban J connectivity index is 1.72. The molecule has 6 heteroatoms. The zero-order chi connectivity index (χ0) is 16.4. The molecule has 0 aliphatic rings. The van der Waals surface area contributed by atoms with Crippen LogP contribution >= 0.6 is 11.3 Å². The van der Waals surface area contributed by atoms with Gasteiger partial charge in [0, 0.05) is 18.3 Å². The van der Waals surface area contributed by atoms with Crippen LogP contribution in [0.15, 0.2) is 29.1 Å². The monoisotopic (exact) mass is 328 g/mol. The summed E-state index contributed by atoms with van der Waals surface area (Å²) in [7, 11) is 0. The van der Waals surface area contributed by atoms with E-state index in [-0.39, 0.29) is 5.56 Å². The molecule has 3 rings (SSSR count). The highest BCUT2D eigenvalue weighted by Crippen LogP contribution is 2.17. The van der Waals surface area contributed by atoms with Gasteiger partial charge in [0.25, 0.3) is 5.56 Å². The predicted octanol–water partition coefficient (Wildman–Crippen LogP) is 2.98. The molecular formula is C17H20N4OS. The summed E-state index contributed by atoms with van der Waals surface area (Å²) in [6.07, 6.45) is 1.67. The lowest BCUT2D eigenvalue weighted by Crippen LogP contribution is -2.15. The summed E-state index contributed by atoms with van der Waals surface area (Å²) < 4.78 is 1.36. The Morgan fingerprint density at radius 2 is 1.91 bits per heavy atom. The van der Waals surface area contributed by atoms with Gasteiger partial charge in [-0.05, 0) is 32.3 Å². The molecule has 0 bridgehead atoms. The fraction of sp³-hybridized carbons (Fsp3) is 0.353. The summed E-state index contributed by atoms with van der Waals surface area (Å²) in [5.74, 6) is 0. The van der Waals surface area contributed by atoms with Gasteiger partial charge in [-0.15, -0.1) is 5.10 Å². The Morgan fingerprint density at radius 3 is 2.61 bits per heavy atom. The highest BCUT2D eigenvalue weighted by atomic mass is 32.1. The summed E-state index contributed by atoms with van der Waals surface area (Å²) in [6.45, 7) is 6.99. The van der Waals surface area contributed by atoms with Crippen LogP contribution in [0.25, 0.3) is 4.96 Å². The number of fused-ring (bicyclic) bond motifs is 1. The molecule has 1 N–H and O–H groups in total. The molecule has 5 nitrogen and oxygen atoms in total. The Bertz CT molecular complexity index is 877. The predicted molar refractivity (Wildman–Crippen MR) is 94.6 cm³/mol. The molecule has 2 heterocycles. The van der Waals surface area contributed by atoms with Crippen LogP contribution < -0.4 is 10.9 Å². The van der Waals surface area contributed by atoms with Gasteiger partial charge in [0.2, 0.25) is 10.1 Å². The van der Waals surface area contributed by atoms with Gasteiger partial charge in [0.05, 0.1) is 0 Å². The zero-order valence-electron chi connectivity index (χ0n) is 13.6. The lowest BCUT2D eigenvalue weighted by Gasteiger charge is -2.05. The highest BCUT2D eigenvalue weighted by molar-refractivity contribution is 7.20. The number of benzene rings is 1. The standard InChI is InChI=1S/C17H20N4OS/c1-4-14-10-15(22)21-17(19-14)23-16(20-21)18-6-5-13-8-11(2)7-12(3)9-13/h7-10H,4-6H2,1-3H3,(H,18,20). The van der Waals surface area contributed by atoms with E-state index in [2.05, 4.69) is 47.4 Å². The maximum atomic E-state index is 12.0. The van der Waals surface area contributed by atoms with Crippen LogP contribution in [0.5, 0.6) is 0 Å². The first-order valence-corrected chi connectivity index (χ1v) is 8.57. The molecule has 3 aromatic rings. The van der Waals surface area contributed by atoms with Crippen LogP contribution in [0.3, 0.4) is 0 Å². The number of hydrogen-bond acceptors (Lipinski definition) is 5. The van der Waals surface area contributed by atoms with Gasteiger partial charge in [-0.2, -0.15) is 4.52 Å². The number of anilines is 1. The quantitative estimate of drug-likeness (QED) is 0.782. The first kappa shape index (κ1) is 15.7. The van der Waals surface area contributed by atoms with E-state index in [0.717, 1.165) is 30.2 Å². The van der Waals surface area contributed by atoms with Crippen molar-refractivity contribution in [1.82, 2.24) is 14.6 Å². The normalized spacial score (nSPS) is 11.1. The van der Waals surface area contributed by atoms with Crippen molar-refractivity contribution in [3.05, 3.63) is 57.0 Å². The SMILES string of the molecule is CCc1cc(=O)n2nc(NCCc3cc(C)cc(C)c3)sc2n1. The van der Waals surface area contributed by atoms with E-state index < -0.39 is 0 Å². The van der Waals surface area contributed by atoms with Gasteiger partial charge in [-0.25, -0.2) is 4.98 Å². The number of nitrogens with zero attached hydrogens (tertiary/aromatic N) is 3. The van der Waals surface area contributed by atoms with Crippen LogP contribution in [0.1, 0.15) is 29.3 Å². The van der Waals surface area contributed by atoms with E-state index in [0.29, 0.717) is 4.96 Å². The lowest BCUT2D eigenvalue weighted by molar-refractivity contribution is 0.872. The van der Waals surface area contributed by atoms with E-state index in [1.165, 1.54) is 32.5 Å². The second-order valence-electron chi connectivity index (χ2n) is 5.71. The summed E-state index contributed by atoms with van der Waals surface area (Å²) in [6, 6.07) is 8.12. The van der Waals surface area contributed by atoms with Gasteiger partial charge in [-0.3, -0.25) is 4.79 Å². The van der Waals surface area contributed by atoms with E-state index in [4.69, 9.17) is 0 Å². The molecule has 120 valence electrons. The molecule has 0 aliphatic heterocycles. The molecule has 0 atom stereocenters. The van der Waals surface area contributed by atoms with Crippen molar-refractivity contribution in [3.63, 3.8) is 0 Å². The minimum atomic E-state index is -0.120. The second kappa shape index (κ2) is 6.50. The Hall–Kier alpha value is -2.21. The summed E-state index contributed by atoms with van der Waals surface area (Å²) in [4.78, 5) is 17.1. The van der Waals surface area contributed by atoms with Crippen molar-refractivity contribution in [1.29, 1.82) is 0 Å². The van der Waals surface area contributed by atoms with E-state index in [1.54, 1.807) is 6.07 Å². The van der Waals surface area contributed by atoms with Gasteiger partial charge in [-0.1, -0.05) is 47.6 Å². The average Bonchev–Trinajstić information content (AvgIpc) is 2.89. The molecule has 0 saturated carbocycles. The lowest BCUT2D eigenvalue weighted by atomic mass is 10.1. The average molecular weight is 328 g/mol. The Kier molecular flexibility index (Phi) is 4.43. The molecule has 0 amide bonds. The van der Waals surface area contributed by atoms with Gasteiger partial charge in [0.15, 0.2) is 0 Å². The van der Waals surface area contributed by atoms with Crippen molar-refractivity contribution in [2.75, 3.05) is 11.9 Å². The maximum absolute atomic E-state index is 12.0. The number of aromatic nitrogens is 3. The molecule has 0 spiro atoms. The molecule has 0 radical (unpaired) electrons.